The van der Waals surface area contributed by atoms with Gasteiger partial charge in [-0.25, -0.2) is 0 Å². The Morgan fingerprint density at radius 3 is 2.90 bits per heavy atom. The van der Waals surface area contributed by atoms with Crippen LogP contribution in [0.3, 0.4) is 0 Å². The van der Waals surface area contributed by atoms with Crippen LogP contribution in [0, 0.1) is 6.92 Å². The van der Waals surface area contributed by atoms with Gasteiger partial charge in [-0.05, 0) is 37.3 Å². The molecule has 1 aromatic carbocycles. The van der Waals surface area contributed by atoms with Crippen molar-refractivity contribution in [2.24, 2.45) is 0 Å². The summed E-state index contributed by atoms with van der Waals surface area (Å²) in [7, 11) is 0. The fraction of sp³-hybridized carbons (Fsp3) is 0.400. The molecule has 1 aromatic heterocycles. The molecular formula is C15H19N5. The van der Waals surface area contributed by atoms with Gasteiger partial charge in [0.2, 0.25) is 5.95 Å². The number of hydrogen-bond donors (Lipinski definition) is 2. The molecule has 0 saturated heterocycles. The zero-order chi connectivity index (χ0) is 13.9. The molecule has 0 spiro atoms. The SMILES string of the molecule is CCc1cccc(C)c1Nc1cnnc(NC2CC2)n1. The Morgan fingerprint density at radius 2 is 2.15 bits per heavy atom. The molecule has 0 bridgehead atoms. The number of nitrogens with zero attached hydrogens (tertiary/aromatic N) is 3. The quantitative estimate of drug-likeness (QED) is 0.873. The molecule has 0 unspecified atom stereocenters. The van der Waals surface area contributed by atoms with Gasteiger partial charge in [0.1, 0.15) is 0 Å². The van der Waals surface area contributed by atoms with Gasteiger partial charge in [0.15, 0.2) is 5.82 Å². The summed E-state index contributed by atoms with van der Waals surface area (Å²) in [6.45, 7) is 4.25. The van der Waals surface area contributed by atoms with Gasteiger partial charge < -0.3 is 10.6 Å². The first-order chi connectivity index (χ1) is 9.76. The van der Waals surface area contributed by atoms with Crippen molar-refractivity contribution in [1.82, 2.24) is 15.2 Å². The van der Waals surface area contributed by atoms with E-state index in [1.807, 2.05) is 0 Å². The summed E-state index contributed by atoms with van der Waals surface area (Å²) in [5, 5.41) is 14.7. The molecule has 1 aliphatic rings. The first-order valence-corrected chi connectivity index (χ1v) is 7.08. The van der Waals surface area contributed by atoms with Crippen LogP contribution in [0.2, 0.25) is 0 Å². The average molecular weight is 269 g/mol. The van der Waals surface area contributed by atoms with Crippen LogP contribution in [0.4, 0.5) is 17.5 Å². The van der Waals surface area contributed by atoms with Crippen LogP contribution >= 0.6 is 0 Å². The molecule has 2 aromatic rings. The van der Waals surface area contributed by atoms with Crippen molar-refractivity contribution in [3.05, 3.63) is 35.5 Å². The Hall–Kier alpha value is -2.17. The van der Waals surface area contributed by atoms with Gasteiger partial charge in [-0.1, -0.05) is 25.1 Å². The monoisotopic (exact) mass is 269 g/mol. The lowest BCUT2D eigenvalue weighted by Gasteiger charge is -2.13. The van der Waals surface area contributed by atoms with Crippen molar-refractivity contribution >= 4 is 17.5 Å². The van der Waals surface area contributed by atoms with Gasteiger partial charge in [-0.2, -0.15) is 10.1 Å². The van der Waals surface area contributed by atoms with E-state index in [0.29, 0.717) is 12.0 Å². The van der Waals surface area contributed by atoms with Crippen LogP contribution in [-0.4, -0.2) is 21.2 Å². The molecule has 5 nitrogen and oxygen atoms in total. The lowest BCUT2D eigenvalue weighted by molar-refractivity contribution is 0.946. The van der Waals surface area contributed by atoms with Crippen molar-refractivity contribution < 1.29 is 0 Å². The summed E-state index contributed by atoms with van der Waals surface area (Å²) in [5.74, 6) is 1.33. The largest absolute Gasteiger partial charge is 0.350 e. The number of hydrogen-bond acceptors (Lipinski definition) is 5. The van der Waals surface area contributed by atoms with Crippen molar-refractivity contribution in [3.8, 4) is 0 Å². The van der Waals surface area contributed by atoms with Crippen LogP contribution in [0.15, 0.2) is 24.4 Å². The smallest absolute Gasteiger partial charge is 0.244 e. The molecule has 104 valence electrons. The summed E-state index contributed by atoms with van der Waals surface area (Å²) in [6.07, 6.45) is 5.03. The summed E-state index contributed by atoms with van der Waals surface area (Å²) in [6, 6.07) is 6.83. The molecule has 3 rings (SSSR count). The maximum atomic E-state index is 4.47. The summed E-state index contributed by atoms with van der Waals surface area (Å²) < 4.78 is 0. The number of rotatable bonds is 5. The molecule has 5 heteroatoms. The lowest BCUT2D eigenvalue weighted by atomic mass is 10.1. The van der Waals surface area contributed by atoms with Gasteiger partial charge in [-0.3, -0.25) is 0 Å². The fourth-order valence-electron chi connectivity index (χ4n) is 2.17. The van der Waals surface area contributed by atoms with E-state index in [2.05, 4.69) is 57.9 Å². The second-order valence-corrected chi connectivity index (χ2v) is 5.17. The number of anilines is 3. The van der Waals surface area contributed by atoms with Gasteiger partial charge in [0, 0.05) is 11.7 Å². The molecule has 1 saturated carbocycles. The third-order valence-corrected chi connectivity index (χ3v) is 3.46. The minimum atomic E-state index is 0.525. The summed E-state index contributed by atoms with van der Waals surface area (Å²) in [5.41, 5.74) is 3.60. The highest BCUT2D eigenvalue weighted by molar-refractivity contribution is 5.64. The molecule has 1 fully saturated rings. The Balaban J connectivity index is 1.83. The number of nitrogens with one attached hydrogen (secondary N) is 2. The molecule has 1 aliphatic carbocycles. The number of para-hydroxylation sites is 1. The maximum absolute atomic E-state index is 4.47. The Morgan fingerprint density at radius 1 is 1.30 bits per heavy atom. The molecular weight excluding hydrogens is 250 g/mol. The molecule has 2 N–H and O–H groups in total. The van der Waals surface area contributed by atoms with Crippen LogP contribution < -0.4 is 10.6 Å². The zero-order valence-corrected chi connectivity index (χ0v) is 11.8. The molecule has 20 heavy (non-hydrogen) atoms. The minimum Gasteiger partial charge on any atom is -0.350 e. The third-order valence-electron chi connectivity index (χ3n) is 3.46. The molecule has 0 amide bonds. The molecule has 0 radical (unpaired) electrons. The second kappa shape index (κ2) is 5.45. The van der Waals surface area contributed by atoms with E-state index in [1.54, 1.807) is 6.20 Å². The first kappa shape index (κ1) is 12.8. The second-order valence-electron chi connectivity index (χ2n) is 5.17. The van der Waals surface area contributed by atoms with Crippen molar-refractivity contribution in [1.29, 1.82) is 0 Å². The predicted octanol–water partition coefficient (Wildman–Crippen LogP) is 3.06. The van der Waals surface area contributed by atoms with E-state index in [-0.39, 0.29) is 0 Å². The van der Waals surface area contributed by atoms with Crippen LogP contribution in [0.5, 0.6) is 0 Å². The van der Waals surface area contributed by atoms with Crippen LogP contribution in [-0.2, 0) is 6.42 Å². The first-order valence-electron chi connectivity index (χ1n) is 7.08. The highest BCUT2D eigenvalue weighted by Crippen LogP contribution is 2.26. The van der Waals surface area contributed by atoms with Crippen LogP contribution in [0.25, 0.3) is 0 Å². The highest BCUT2D eigenvalue weighted by Gasteiger charge is 2.22. The number of aryl methyl sites for hydroxylation is 2. The van der Waals surface area contributed by atoms with E-state index in [4.69, 9.17) is 0 Å². The van der Waals surface area contributed by atoms with Gasteiger partial charge in [-0.15, -0.1) is 5.10 Å². The lowest BCUT2D eigenvalue weighted by Crippen LogP contribution is -2.08. The molecule has 1 heterocycles. The number of aromatic nitrogens is 3. The fourth-order valence-corrected chi connectivity index (χ4v) is 2.17. The predicted molar refractivity (Wildman–Crippen MR) is 80.3 cm³/mol. The van der Waals surface area contributed by atoms with Gasteiger partial charge in [0.25, 0.3) is 0 Å². The molecule has 0 atom stereocenters. The summed E-state index contributed by atoms with van der Waals surface area (Å²) in [4.78, 5) is 4.47. The standard InChI is InChI=1S/C15H19N5/c1-3-11-6-4-5-10(2)14(11)18-13-9-16-20-15(19-13)17-12-7-8-12/h4-6,9,12H,3,7-8H2,1-2H3,(H2,17,18,19,20). The van der Waals surface area contributed by atoms with E-state index in [9.17, 15) is 0 Å². The van der Waals surface area contributed by atoms with Crippen molar-refractivity contribution in [2.75, 3.05) is 10.6 Å². The van der Waals surface area contributed by atoms with Gasteiger partial charge in [0.05, 0.1) is 6.20 Å². The zero-order valence-electron chi connectivity index (χ0n) is 11.8. The normalized spacial score (nSPS) is 14.1. The van der Waals surface area contributed by atoms with E-state index in [0.717, 1.165) is 17.9 Å². The summed E-state index contributed by atoms with van der Waals surface area (Å²) >= 11 is 0. The van der Waals surface area contributed by atoms with E-state index < -0.39 is 0 Å². The molecule has 0 aliphatic heterocycles. The van der Waals surface area contributed by atoms with Crippen molar-refractivity contribution in [2.45, 2.75) is 39.2 Å². The Labute approximate surface area is 118 Å². The minimum absolute atomic E-state index is 0.525. The van der Waals surface area contributed by atoms with Gasteiger partial charge >= 0.3 is 0 Å². The maximum Gasteiger partial charge on any atom is 0.244 e. The topological polar surface area (TPSA) is 62.7 Å². The average Bonchev–Trinajstić information content (AvgIpc) is 3.25. The highest BCUT2D eigenvalue weighted by atomic mass is 15.3. The third kappa shape index (κ3) is 2.87. The number of benzene rings is 1. The van der Waals surface area contributed by atoms with E-state index >= 15 is 0 Å². The van der Waals surface area contributed by atoms with E-state index in [1.165, 1.54) is 24.0 Å². The van der Waals surface area contributed by atoms with Crippen molar-refractivity contribution in [3.63, 3.8) is 0 Å². The Bertz CT molecular complexity index is 607. The Kier molecular flexibility index (Phi) is 3.50. The van der Waals surface area contributed by atoms with Crippen LogP contribution in [0.1, 0.15) is 30.9 Å².